The lowest BCUT2D eigenvalue weighted by atomic mass is 9.87. The van der Waals surface area contributed by atoms with Gasteiger partial charge in [-0.25, -0.2) is 0 Å². The number of benzene rings is 2. The maximum Gasteiger partial charge on any atom is 0.317 e. The Hall–Kier alpha value is -2.33. The van der Waals surface area contributed by atoms with E-state index in [1.807, 2.05) is 36.4 Å². The van der Waals surface area contributed by atoms with Crippen molar-refractivity contribution in [3.63, 3.8) is 0 Å². The highest BCUT2D eigenvalue weighted by molar-refractivity contribution is 5.69. The second-order valence-electron chi connectivity index (χ2n) is 5.89. The van der Waals surface area contributed by atoms with Gasteiger partial charge in [0.1, 0.15) is 5.75 Å². The topological polar surface area (TPSA) is 49.8 Å². The molecule has 4 nitrogen and oxygen atoms in total. The Labute approximate surface area is 136 Å². The van der Waals surface area contributed by atoms with Gasteiger partial charge < -0.3 is 9.84 Å². The standard InChI is InChI=1S/C19H21NO3/c1-23-16-9-5-8-15(12-16)19-17(14-6-3-2-4-7-14)10-11-20(19)13-18(21)22/h2-9,12,17,19H,10-11,13H2,1H3,(H,21,22). The summed E-state index contributed by atoms with van der Waals surface area (Å²) in [6.07, 6.45) is 0.958. The molecule has 0 spiro atoms. The quantitative estimate of drug-likeness (QED) is 0.920. The molecule has 23 heavy (non-hydrogen) atoms. The van der Waals surface area contributed by atoms with Crippen molar-refractivity contribution < 1.29 is 14.6 Å². The molecule has 120 valence electrons. The Morgan fingerprint density at radius 1 is 1.17 bits per heavy atom. The fourth-order valence-corrected chi connectivity index (χ4v) is 3.53. The average molecular weight is 311 g/mol. The number of carboxylic acids is 1. The summed E-state index contributed by atoms with van der Waals surface area (Å²) in [7, 11) is 1.65. The molecule has 0 amide bonds. The zero-order valence-electron chi connectivity index (χ0n) is 13.2. The zero-order valence-corrected chi connectivity index (χ0v) is 13.2. The van der Waals surface area contributed by atoms with Crippen LogP contribution in [0.25, 0.3) is 0 Å². The van der Waals surface area contributed by atoms with Crippen LogP contribution in [0.4, 0.5) is 0 Å². The summed E-state index contributed by atoms with van der Waals surface area (Å²) in [5.74, 6) is 0.311. The maximum absolute atomic E-state index is 11.2. The molecule has 0 aliphatic carbocycles. The molecule has 0 saturated carbocycles. The van der Waals surface area contributed by atoms with Gasteiger partial charge in [0.05, 0.1) is 13.7 Å². The first kappa shape index (κ1) is 15.6. The van der Waals surface area contributed by atoms with Gasteiger partial charge in [0.25, 0.3) is 0 Å². The largest absolute Gasteiger partial charge is 0.497 e. The molecule has 0 bridgehead atoms. The number of likely N-dealkylation sites (tertiary alicyclic amines) is 1. The molecule has 2 atom stereocenters. The van der Waals surface area contributed by atoms with Gasteiger partial charge in [-0.2, -0.15) is 0 Å². The third-order valence-electron chi connectivity index (χ3n) is 4.50. The van der Waals surface area contributed by atoms with E-state index in [0.717, 1.165) is 24.3 Å². The van der Waals surface area contributed by atoms with E-state index in [0.29, 0.717) is 5.92 Å². The molecule has 0 aromatic heterocycles. The molecular weight excluding hydrogens is 290 g/mol. The highest BCUT2D eigenvalue weighted by Gasteiger charge is 2.37. The lowest BCUT2D eigenvalue weighted by Gasteiger charge is -2.28. The molecule has 2 aromatic rings. The maximum atomic E-state index is 11.2. The smallest absolute Gasteiger partial charge is 0.317 e. The van der Waals surface area contributed by atoms with Crippen molar-refractivity contribution in [2.45, 2.75) is 18.4 Å². The number of hydrogen-bond acceptors (Lipinski definition) is 3. The number of rotatable bonds is 5. The van der Waals surface area contributed by atoms with Crippen LogP contribution in [-0.2, 0) is 4.79 Å². The number of aliphatic carboxylic acids is 1. The molecule has 2 aromatic carbocycles. The van der Waals surface area contributed by atoms with Gasteiger partial charge in [0, 0.05) is 18.5 Å². The van der Waals surface area contributed by atoms with Crippen LogP contribution >= 0.6 is 0 Å². The van der Waals surface area contributed by atoms with Crippen LogP contribution in [-0.4, -0.2) is 36.2 Å². The van der Waals surface area contributed by atoms with Crippen molar-refractivity contribution in [2.24, 2.45) is 0 Å². The summed E-state index contributed by atoms with van der Waals surface area (Å²) in [4.78, 5) is 13.3. The molecule has 0 radical (unpaired) electrons. The van der Waals surface area contributed by atoms with Gasteiger partial charge >= 0.3 is 5.97 Å². The van der Waals surface area contributed by atoms with Crippen molar-refractivity contribution in [2.75, 3.05) is 20.2 Å². The first-order valence-corrected chi connectivity index (χ1v) is 7.84. The number of methoxy groups -OCH3 is 1. The minimum atomic E-state index is -0.786. The van der Waals surface area contributed by atoms with Gasteiger partial charge in [-0.1, -0.05) is 42.5 Å². The van der Waals surface area contributed by atoms with E-state index in [9.17, 15) is 9.90 Å². The Morgan fingerprint density at radius 3 is 2.61 bits per heavy atom. The fraction of sp³-hybridized carbons (Fsp3) is 0.316. The lowest BCUT2D eigenvalue weighted by molar-refractivity contribution is -0.138. The third-order valence-corrected chi connectivity index (χ3v) is 4.50. The monoisotopic (exact) mass is 311 g/mol. The summed E-state index contributed by atoms with van der Waals surface area (Å²) in [5.41, 5.74) is 2.37. The number of ether oxygens (including phenoxy) is 1. The van der Waals surface area contributed by atoms with Crippen LogP contribution < -0.4 is 4.74 Å². The van der Waals surface area contributed by atoms with E-state index >= 15 is 0 Å². The average Bonchev–Trinajstić information content (AvgIpc) is 2.98. The second kappa shape index (κ2) is 6.84. The van der Waals surface area contributed by atoms with Crippen LogP contribution in [0, 0.1) is 0 Å². The normalized spacial score (nSPS) is 21.3. The zero-order chi connectivity index (χ0) is 16.2. The molecule has 3 rings (SSSR count). The fourth-order valence-electron chi connectivity index (χ4n) is 3.53. The van der Waals surface area contributed by atoms with Gasteiger partial charge in [-0.05, 0) is 29.7 Å². The predicted octanol–water partition coefficient (Wildman–Crippen LogP) is 3.31. The van der Waals surface area contributed by atoms with E-state index < -0.39 is 5.97 Å². The lowest BCUT2D eigenvalue weighted by Crippen LogP contribution is -2.30. The van der Waals surface area contributed by atoms with E-state index in [1.165, 1.54) is 5.56 Å². The molecule has 1 aliphatic rings. The predicted molar refractivity (Wildman–Crippen MR) is 88.7 cm³/mol. The van der Waals surface area contributed by atoms with E-state index in [2.05, 4.69) is 23.1 Å². The van der Waals surface area contributed by atoms with Crippen molar-refractivity contribution in [1.29, 1.82) is 0 Å². The highest BCUT2D eigenvalue weighted by atomic mass is 16.5. The van der Waals surface area contributed by atoms with Crippen molar-refractivity contribution in [3.8, 4) is 5.75 Å². The molecule has 1 fully saturated rings. The van der Waals surface area contributed by atoms with Gasteiger partial charge in [-0.15, -0.1) is 0 Å². The molecule has 1 heterocycles. The van der Waals surface area contributed by atoms with Crippen LogP contribution in [0.2, 0.25) is 0 Å². The molecule has 1 saturated heterocycles. The Morgan fingerprint density at radius 2 is 1.91 bits per heavy atom. The highest BCUT2D eigenvalue weighted by Crippen LogP contribution is 2.44. The van der Waals surface area contributed by atoms with Gasteiger partial charge in [0.15, 0.2) is 0 Å². The summed E-state index contributed by atoms with van der Waals surface area (Å²) in [6.45, 7) is 0.846. The Bertz CT molecular complexity index is 671. The Balaban J connectivity index is 1.98. The van der Waals surface area contributed by atoms with Crippen LogP contribution in [0.15, 0.2) is 54.6 Å². The first-order valence-electron chi connectivity index (χ1n) is 7.84. The van der Waals surface area contributed by atoms with Crippen LogP contribution in [0.5, 0.6) is 5.75 Å². The van der Waals surface area contributed by atoms with E-state index in [4.69, 9.17) is 4.74 Å². The minimum absolute atomic E-state index is 0.0589. The molecule has 4 heteroatoms. The molecule has 2 unspecified atom stereocenters. The molecule has 1 N–H and O–H groups in total. The second-order valence-corrected chi connectivity index (χ2v) is 5.89. The Kier molecular flexibility index (Phi) is 4.63. The van der Waals surface area contributed by atoms with Crippen molar-refractivity contribution >= 4 is 5.97 Å². The molecule has 1 aliphatic heterocycles. The summed E-state index contributed by atoms with van der Waals surface area (Å²) < 4.78 is 5.34. The van der Waals surface area contributed by atoms with E-state index in [-0.39, 0.29) is 12.6 Å². The summed E-state index contributed by atoms with van der Waals surface area (Å²) >= 11 is 0. The number of nitrogens with zero attached hydrogens (tertiary/aromatic N) is 1. The SMILES string of the molecule is COc1cccc(C2C(c3ccccc3)CCN2CC(=O)O)c1. The first-order chi connectivity index (χ1) is 11.2. The van der Waals surface area contributed by atoms with Crippen molar-refractivity contribution in [1.82, 2.24) is 4.90 Å². The van der Waals surface area contributed by atoms with Crippen molar-refractivity contribution in [3.05, 3.63) is 65.7 Å². The van der Waals surface area contributed by atoms with E-state index in [1.54, 1.807) is 7.11 Å². The summed E-state index contributed by atoms with van der Waals surface area (Å²) in [5, 5.41) is 9.23. The number of carboxylic acid groups (broad SMARTS) is 1. The van der Waals surface area contributed by atoms with Gasteiger partial charge in [0.2, 0.25) is 0 Å². The third kappa shape index (κ3) is 3.37. The number of carbonyl (C=O) groups is 1. The van der Waals surface area contributed by atoms with Crippen LogP contribution in [0.3, 0.4) is 0 Å². The van der Waals surface area contributed by atoms with Gasteiger partial charge in [-0.3, -0.25) is 9.69 Å². The minimum Gasteiger partial charge on any atom is -0.497 e. The van der Waals surface area contributed by atoms with Crippen LogP contribution in [0.1, 0.15) is 29.5 Å². The molecular formula is C19H21NO3. The number of hydrogen-bond donors (Lipinski definition) is 1. The summed E-state index contributed by atoms with van der Waals surface area (Å²) in [6, 6.07) is 18.4.